The van der Waals surface area contributed by atoms with E-state index >= 15 is 0 Å². The van der Waals surface area contributed by atoms with Crippen LogP contribution in [0.15, 0.2) is 42.6 Å². The summed E-state index contributed by atoms with van der Waals surface area (Å²) in [6.45, 7) is 0. The summed E-state index contributed by atoms with van der Waals surface area (Å²) in [5.41, 5.74) is 0.699. The maximum Gasteiger partial charge on any atom is 0.238 e. The van der Waals surface area contributed by atoms with Crippen molar-refractivity contribution < 1.29 is 8.42 Å². The smallest absolute Gasteiger partial charge is 0.238 e. The van der Waals surface area contributed by atoms with Crippen molar-refractivity contribution >= 4 is 27.4 Å². The number of benzene rings is 1. The molecule has 7 heteroatoms. The lowest BCUT2D eigenvalue weighted by molar-refractivity contribution is 0.600. The minimum Gasteiger partial charge on any atom is -0.267 e. The SMILES string of the molecule is O=S(=O)(Cc1ccccc1)Nc1ccnc(Cl)n1. The Labute approximate surface area is 110 Å². The second kappa shape index (κ2) is 5.32. The van der Waals surface area contributed by atoms with Crippen molar-refractivity contribution in [1.29, 1.82) is 0 Å². The molecule has 0 atom stereocenters. The summed E-state index contributed by atoms with van der Waals surface area (Å²) in [4.78, 5) is 7.44. The van der Waals surface area contributed by atoms with E-state index < -0.39 is 10.0 Å². The van der Waals surface area contributed by atoms with E-state index in [0.29, 0.717) is 5.56 Å². The number of hydrogen-bond donors (Lipinski definition) is 1. The lowest BCUT2D eigenvalue weighted by Gasteiger charge is -2.06. The largest absolute Gasteiger partial charge is 0.267 e. The van der Waals surface area contributed by atoms with E-state index in [9.17, 15) is 8.42 Å². The van der Waals surface area contributed by atoms with Crippen LogP contribution in [0.5, 0.6) is 0 Å². The molecular weight excluding hydrogens is 274 g/mol. The van der Waals surface area contributed by atoms with Gasteiger partial charge in [0.2, 0.25) is 15.3 Å². The quantitative estimate of drug-likeness (QED) is 0.872. The highest BCUT2D eigenvalue weighted by Crippen LogP contribution is 2.11. The first-order chi connectivity index (χ1) is 8.55. The van der Waals surface area contributed by atoms with Gasteiger partial charge in [0, 0.05) is 6.20 Å². The zero-order chi connectivity index (χ0) is 13.0. The fourth-order valence-electron chi connectivity index (χ4n) is 1.38. The van der Waals surface area contributed by atoms with Gasteiger partial charge in [0.15, 0.2) is 0 Å². The van der Waals surface area contributed by atoms with Gasteiger partial charge in [-0.15, -0.1) is 0 Å². The zero-order valence-corrected chi connectivity index (χ0v) is 10.8. The van der Waals surface area contributed by atoms with Crippen LogP contribution in [0.3, 0.4) is 0 Å². The summed E-state index contributed by atoms with van der Waals surface area (Å²) in [6, 6.07) is 10.3. The standard InChI is InChI=1S/C11H10ClN3O2S/c12-11-13-7-6-10(14-11)15-18(16,17)8-9-4-2-1-3-5-9/h1-7H,8H2,(H,13,14,15). The lowest BCUT2D eigenvalue weighted by Crippen LogP contribution is -2.16. The van der Waals surface area contributed by atoms with Crippen molar-refractivity contribution in [2.45, 2.75) is 5.75 Å². The normalized spacial score (nSPS) is 11.2. The number of aromatic nitrogens is 2. The summed E-state index contributed by atoms with van der Waals surface area (Å²) in [6.07, 6.45) is 1.38. The number of nitrogens with zero attached hydrogens (tertiary/aromatic N) is 2. The molecule has 0 aliphatic carbocycles. The van der Waals surface area contributed by atoms with Crippen LogP contribution in [-0.2, 0) is 15.8 Å². The van der Waals surface area contributed by atoms with Crippen LogP contribution in [0.25, 0.3) is 0 Å². The molecule has 0 saturated heterocycles. The second-order valence-electron chi connectivity index (χ2n) is 3.56. The molecule has 1 heterocycles. The highest BCUT2D eigenvalue weighted by molar-refractivity contribution is 7.91. The van der Waals surface area contributed by atoms with Crippen LogP contribution in [0.4, 0.5) is 5.82 Å². The van der Waals surface area contributed by atoms with E-state index in [4.69, 9.17) is 11.6 Å². The average molecular weight is 284 g/mol. The fraction of sp³-hybridized carbons (Fsp3) is 0.0909. The van der Waals surface area contributed by atoms with Crippen molar-refractivity contribution in [2.24, 2.45) is 0 Å². The van der Waals surface area contributed by atoms with Gasteiger partial charge in [0.05, 0.1) is 5.75 Å². The molecular formula is C11H10ClN3O2S. The summed E-state index contributed by atoms with van der Waals surface area (Å²) in [7, 11) is -3.50. The van der Waals surface area contributed by atoms with Crippen LogP contribution in [-0.4, -0.2) is 18.4 Å². The Morgan fingerprint density at radius 1 is 1.17 bits per heavy atom. The maximum atomic E-state index is 11.9. The topological polar surface area (TPSA) is 72.0 Å². The molecule has 5 nitrogen and oxygen atoms in total. The molecule has 0 aliphatic rings. The minimum atomic E-state index is -3.50. The van der Waals surface area contributed by atoms with Crippen LogP contribution < -0.4 is 4.72 Å². The Bertz CT molecular complexity index is 632. The van der Waals surface area contributed by atoms with Gasteiger partial charge in [-0.1, -0.05) is 30.3 Å². The zero-order valence-electron chi connectivity index (χ0n) is 9.25. The Morgan fingerprint density at radius 2 is 1.89 bits per heavy atom. The second-order valence-corrected chi connectivity index (χ2v) is 5.62. The fourth-order valence-corrected chi connectivity index (χ4v) is 2.66. The van der Waals surface area contributed by atoms with E-state index in [-0.39, 0.29) is 16.9 Å². The number of anilines is 1. The van der Waals surface area contributed by atoms with E-state index in [1.807, 2.05) is 6.07 Å². The van der Waals surface area contributed by atoms with Crippen LogP contribution in [0, 0.1) is 0 Å². The average Bonchev–Trinajstić information content (AvgIpc) is 2.28. The lowest BCUT2D eigenvalue weighted by atomic mass is 10.2. The molecule has 0 amide bonds. The highest BCUT2D eigenvalue weighted by atomic mass is 35.5. The third-order valence-electron chi connectivity index (χ3n) is 2.09. The molecule has 2 rings (SSSR count). The molecule has 1 aromatic heterocycles. The molecule has 0 fully saturated rings. The molecule has 0 aliphatic heterocycles. The summed E-state index contributed by atoms with van der Waals surface area (Å²) in [5, 5.41) is -0.00471. The van der Waals surface area contributed by atoms with Crippen LogP contribution >= 0.6 is 11.6 Å². The van der Waals surface area contributed by atoms with E-state index in [2.05, 4.69) is 14.7 Å². The van der Waals surface area contributed by atoms with Gasteiger partial charge < -0.3 is 0 Å². The first kappa shape index (κ1) is 12.8. The minimum absolute atomic E-state index is 0.00471. The van der Waals surface area contributed by atoms with Crippen molar-refractivity contribution in [3.63, 3.8) is 0 Å². The maximum absolute atomic E-state index is 11.9. The predicted molar refractivity (Wildman–Crippen MR) is 69.7 cm³/mol. The molecule has 2 aromatic rings. The van der Waals surface area contributed by atoms with E-state index in [1.54, 1.807) is 24.3 Å². The summed E-state index contributed by atoms with van der Waals surface area (Å²) >= 11 is 5.58. The van der Waals surface area contributed by atoms with Gasteiger partial charge in [0.1, 0.15) is 5.82 Å². The van der Waals surface area contributed by atoms with Crippen molar-refractivity contribution in [1.82, 2.24) is 9.97 Å². The molecule has 1 N–H and O–H groups in total. The first-order valence-corrected chi connectivity index (χ1v) is 7.11. The predicted octanol–water partition coefficient (Wildman–Crippen LogP) is 2.07. The molecule has 94 valence electrons. The van der Waals surface area contributed by atoms with Gasteiger partial charge in [-0.3, -0.25) is 4.72 Å². The Kier molecular flexibility index (Phi) is 3.78. The Balaban J connectivity index is 2.13. The monoisotopic (exact) mass is 283 g/mol. The van der Waals surface area contributed by atoms with Gasteiger partial charge in [-0.05, 0) is 23.2 Å². The Morgan fingerprint density at radius 3 is 2.56 bits per heavy atom. The number of rotatable bonds is 4. The van der Waals surface area contributed by atoms with Gasteiger partial charge in [-0.25, -0.2) is 13.4 Å². The van der Waals surface area contributed by atoms with Gasteiger partial charge >= 0.3 is 0 Å². The third kappa shape index (κ3) is 3.68. The molecule has 18 heavy (non-hydrogen) atoms. The summed E-state index contributed by atoms with van der Waals surface area (Å²) in [5.74, 6) is 0.0427. The van der Waals surface area contributed by atoms with Crippen molar-refractivity contribution in [3.05, 3.63) is 53.4 Å². The van der Waals surface area contributed by atoms with Crippen molar-refractivity contribution in [3.8, 4) is 0 Å². The molecule has 1 aromatic carbocycles. The summed E-state index contributed by atoms with van der Waals surface area (Å²) < 4.78 is 26.1. The molecule has 0 unspecified atom stereocenters. The molecule has 0 saturated carbocycles. The van der Waals surface area contributed by atoms with Gasteiger partial charge in [-0.2, -0.15) is 4.98 Å². The molecule has 0 radical (unpaired) electrons. The van der Waals surface area contributed by atoms with Crippen molar-refractivity contribution in [2.75, 3.05) is 4.72 Å². The number of halogens is 1. The van der Waals surface area contributed by atoms with Crippen LogP contribution in [0.2, 0.25) is 5.28 Å². The number of sulfonamides is 1. The van der Waals surface area contributed by atoms with E-state index in [0.717, 1.165) is 0 Å². The Hall–Kier alpha value is -1.66. The van der Waals surface area contributed by atoms with Crippen LogP contribution in [0.1, 0.15) is 5.56 Å². The van der Waals surface area contributed by atoms with E-state index in [1.165, 1.54) is 12.3 Å². The highest BCUT2D eigenvalue weighted by Gasteiger charge is 2.12. The number of hydrogen-bond acceptors (Lipinski definition) is 4. The van der Waals surface area contributed by atoms with Gasteiger partial charge in [0.25, 0.3) is 0 Å². The molecule has 0 bridgehead atoms. The molecule has 0 spiro atoms. The third-order valence-corrected chi connectivity index (χ3v) is 3.50. The number of nitrogens with one attached hydrogen (secondary N) is 1. The first-order valence-electron chi connectivity index (χ1n) is 5.08.